The van der Waals surface area contributed by atoms with E-state index in [0.29, 0.717) is 5.96 Å². The van der Waals surface area contributed by atoms with Crippen molar-refractivity contribution in [2.75, 3.05) is 23.4 Å². The largest absolute Gasteiger partial charge is 0.315 e. The first-order valence-electron chi connectivity index (χ1n) is 9.26. The first kappa shape index (κ1) is 19.7. The second-order valence-corrected chi connectivity index (χ2v) is 6.62. The van der Waals surface area contributed by atoms with Gasteiger partial charge in [0.2, 0.25) is 5.96 Å². The predicted molar refractivity (Wildman–Crippen MR) is 124 cm³/mol. The van der Waals surface area contributed by atoms with Gasteiger partial charge in [0.25, 0.3) is 0 Å². The van der Waals surface area contributed by atoms with E-state index in [-0.39, 0.29) is 12.4 Å². The average molecular weight is 390 g/mol. The number of nitrogens with zero attached hydrogens (tertiary/aromatic N) is 2. The topological polar surface area (TPSA) is 30.3 Å². The number of rotatable bonds is 3. The SMILES string of the molecule is CCN(C(=N)N(C)c1cccc2ccccc12)c1cccc2ccccc12.Cl. The highest BCUT2D eigenvalue weighted by Crippen LogP contribution is 2.30. The maximum atomic E-state index is 8.93. The van der Waals surface area contributed by atoms with Gasteiger partial charge in [-0.05, 0) is 29.8 Å². The molecular weight excluding hydrogens is 366 g/mol. The Kier molecular flexibility index (Phi) is 5.86. The van der Waals surface area contributed by atoms with Crippen molar-refractivity contribution in [3.8, 4) is 0 Å². The Bertz CT molecular complexity index is 1110. The lowest BCUT2D eigenvalue weighted by molar-refractivity contribution is 1.01. The third-order valence-electron chi connectivity index (χ3n) is 5.07. The van der Waals surface area contributed by atoms with Gasteiger partial charge in [0, 0.05) is 24.4 Å². The van der Waals surface area contributed by atoms with Crippen molar-refractivity contribution in [3.05, 3.63) is 84.9 Å². The minimum absolute atomic E-state index is 0. The van der Waals surface area contributed by atoms with Crippen molar-refractivity contribution < 1.29 is 0 Å². The van der Waals surface area contributed by atoms with Crippen LogP contribution in [0.2, 0.25) is 0 Å². The fraction of sp³-hybridized carbons (Fsp3) is 0.125. The summed E-state index contributed by atoms with van der Waals surface area (Å²) in [5.74, 6) is 0.463. The van der Waals surface area contributed by atoms with Crippen LogP contribution in [-0.4, -0.2) is 19.6 Å². The van der Waals surface area contributed by atoms with Crippen molar-refractivity contribution in [3.63, 3.8) is 0 Å². The first-order valence-corrected chi connectivity index (χ1v) is 9.26. The highest BCUT2D eigenvalue weighted by Gasteiger charge is 2.19. The summed E-state index contributed by atoms with van der Waals surface area (Å²) in [6, 6.07) is 29.2. The van der Waals surface area contributed by atoms with Gasteiger partial charge < -0.3 is 9.80 Å². The van der Waals surface area contributed by atoms with E-state index >= 15 is 0 Å². The Hall–Kier alpha value is -3.04. The van der Waals surface area contributed by atoms with Gasteiger partial charge in [0.1, 0.15) is 0 Å². The number of guanidine groups is 1. The van der Waals surface area contributed by atoms with Crippen LogP contribution in [0.1, 0.15) is 6.92 Å². The normalized spacial score (nSPS) is 10.5. The Labute approximate surface area is 172 Å². The van der Waals surface area contributed by atoms with E-state index in [0.717, 1.165) is 28.7 Å². The van der Waals surface area contributed by atoms with Crippen LogP contribution in [0.4, 0.5) is 11.4 Å². The maximum absolute atomic E-state index is 8.93. The molecule has 4 heteroatoms. The zero-order valence-corrected chi connectivity index (χ0v) is 16.9. The molecule has 0 amide bonds. The lowest BCUT2D eigenvalue weighted by Gasteiger charge is -2.31. The summed E-state index contributed by atoms with van der Waals surface area (Å²) in [6.45, 7) is 2.81. The molecule has 0 radical (unpaired) electrons. The smallest absolute Gasteiger partial charge is 0.202 e. The van der Waals surface area contributed by atoms with Crippen molar-refractivity contribution in [2.24, 2.45) is 0 Å². The van der Waals surface area contributed by atoms with Crippen LogP contribution in [0.5, 0.6) is 0 Å². The second kappa shape index (κ2) is 8.32. The Morgan fingerprint density at radius 3 is 1.75 bits per heavy atom. The predicted octanol–water partition coefficient (Wildman–Crippen LogP) is 6.31. The molecule has 1 N–H and O–H groups in total. The van der Waals surface area contributed by atoms with Gasteiger partial charge in [-0.1, -0.05) is 72.8 Å². The molecule has 0 aliphatic rings. The number of anilines is 2. The van der Waals surface area contributed by atoms with Gasteiger partial charge in [0.15, 0.2) is 0 Å². The molecule has 4 aromatic rings. The summed E-state index contributed by atoms with van der Waals surface area (Å²) >= 11 is 0. The molecular formula is C24H24ClN3. The standard InChI is InChI=1S/C24H23N3.ClH/c1-3-27(23-17-9-13-19-11-5-7-15-21(19)23)24(25)26(2)22-16-8-12-18-10-4-6-14-20(18)22;/h4-17,25H,3H2,1-2H3;1H. The number of hydrogen-bond donors (Lipinski definition) is 1. The first-order chi connectivity index (χ1) is 13.2. The summed E-state index contributed by atoms with van der Waals surface area (Å²) in [5.41, 5.74) is 2.10. The Morgan fingerprint density at radius 1 is 0.714 bits per heavy atom. The zero-order chi connectivity index (χ0) is 18.8. The van der Waals surface area contributed by atoms with Crippen LogP contribution < -0.4 is 9.80 Å². The molecule has 4 rings (SSSR count). The van der Waals surface area contributed by atoms with Crippen molar-refractivity contribution in [1.29, 1.82) is 5.41 Å². The molecule has 0 saturated heterocycles. The molecule has 0 bridgehead atoms. The van der Waals surface area contributed by atoms with E-state index in [4.69, 9.17) is 5.41 Å². The molecule has 0 spiro atoms. The third-order valence-corrected chi connectivity index (χ3v) is 5.07. The van der Waals surface area contributed by atoms with Gasteiger partial charge in [-0.15, -0.1) is 12.4 Å². The molecule has 0 unspecified atom stereocenters. The van der Waals surface area contributed by atoms with E-state index in [2.05, 4.69) is 84.6 Å². The summed E-state index contributed by atoms with van der Waals surface area (Å²) < 4.78 is 0. The molecule has 0 fully saturated rings. The highest BCUT2D eigenvalue weighted by molar-refractivity contribution is 6.12. The van der Waals surface area contributed by atoms with Crippen molar-refractivity contribution in [2.45, 2.75) is 6.92 Å². The Morgan fingerprint density at radius 2 is 1.18 bits per heavy atom. The van der Waals surface area contributed by atoms with Gasteiger partial charge in [-0.2, -0.15) is 0 Å². The summed E-state index contributed by atoms with van der Waals surface area (Å²) in [7, 11) is 1.97. The number of halogens is 1. The van der Waals surface area contributed by atoms with Crippen LogP contribution >= 0.6 is 12.4 Å². The van der Waals surface area contributed by atoms with Crippen LogP contribution in [-0.2, 0) is 0 Å². The van der Waals surface area contributed by atoms with Gasteiger partial charge in [0.05, 0.1) is 11.4 Å². The molecule has 142 valence electrons. The summed E-state index contributed by atoms with van der Waals surface area (Å²) in [4.78, 5) is 4.03. The molecule has 0 aromatic heterocycles. The maximum Gasteiger partial charge on any atom is 0.202 e. The van der Waals surface area contributed by atoms with Gasteiger partial charge >= 0.3 is 0 Å². The van der Waals surface area contributed by atoms with E-state index in [9.17, 15) is 0 Å². The van der Waals surface area contributed by atoms with E-state index in [1.54, 1.807) is 0 Å². The molecule has 0 atom stereocenters. The van der Waals surface area contributed by atoms with E-state index in [1.165, 1.54) is 10.8 Å². The molecule has 3 nitrogen and oxygen atoms in total. The summed E-state index contributed by atoms with van der Waals surface area (Å²) in [6.07, 6.45) is 0. The van der Waals surface area contributed by atoms with Crippen molar-refractivity contribution in [1.82, 2.24) is 0 Å². The van der Waals surface area contributed by atoms with Gasteiger partial charge in [-0.3, -0.25) is 5.41 Å². The van der Waals surface area contributed by atoms with Crippen LogP contribution in [0.3, 0.4) is 0 Å². The number of nitrogens with one attached hydrogen (secondary N) is 1. The van der Waals surface area contributed by atoms with Gasteiger partial charge in [-0.25, -0.2) is 0 Å². The lowest BCUT2D eigenvalue weighted by atomic mass is 10.1. The molecule has 0 aliphatic carbocycles. The molecule has 0 heterocycles. The molecule has 4 aromatic carbocycles. The van der Waals surface area contributed by atoms with Crippen LogP contribution in [0, 0.1) is 5.41 Å². The molecule has 28 heavy (non-hydrogen) atoms. The van der Waals surface area contributed by atoms with E-state index < -0.39 is 0 Å². The van der Waals surface area contributed by atoms with Crippen LogP contribution in [0.25, 0.3) is 21.5 Å². The zero-order valence-electron chi connectivity index (χ0n) is 16.1. The van der Waals surface area contributed by atoms with E-state index in [1.807, 2.05) is 24.1 Å². The molecule has 0 saturated carbocycles. The highest BCUT2D eigenvalue weighted by atomic mass is 35.5. The average Bonchev–Trinajstić information content (AvgIpc) is 2.73. The quantitative estimate of drug-likeness (QED) is 0.328. The fourth-order valence-electron chi connectivity index (χ4n) is 3.67. The number of fused-ring (bicyclic) bond motifs is 2. The van der Waals surface area contributed by atoms with Crippen LogP contribution in [0.15, 0.2) is 84.9 Å². The summed E-state index contributed by atoms with van der Waals surface area (Å²) in [5, 5.41) is 13.6. The number of hydrogen-bond acceptors (Lipinski definition) is 1. The third kappa shape index (κ3) is 3.41. The minimum atomic E-state index is 0. The minimum Gasteiger partial charge on any atom is -0.315 e. The lowest BCUT2D eigenvalue weighted by Crippen LogP contribution is -2.42. The molecule has 0 aliphatic heterocycles. The number of benzene rings is 4. The monoisotopic (exact) mass is 389 g/mol. The fourth-order valence-corrected chi connectivity index (χ4v) is 3.67. The second-order valence-electron chi connectivity index (χ2n) is 6.62. The Balaban J connectivity index is 0.00000225. The van der Waals surface area contributed by atoms with Crippen molar-refractivity contribution >= 4 is 51.3 Å².